The summed E-state index contributed by atoms with van der Waals surface area (Å²) in [6.45, 7) is 1.81. The number of fused-ring (bicyclic) bond motifs is 1. The fraction of sp³-hybridized carbons (Fsp3) is 0.222. The van der Waals surface area contributed by atoms with Crippen molar-refractivity contribution in [2.45, 2.75) is 6.92 Å². The van der Waals surface area contributed by atoms with Crippen molar-refractivity contribution in [3.63, 3.8) is 0 Å². The number of aromatic nitrogens is 3. The largest absolute Gasteiger partial charge is 0.275 e. The lowest BCUT2D eigenvalue weighted by Crippen LogP contribution is -2.19. The number of aryl methyl sites for hydroxylation is 2. The van der Waals surface area contributed by atoms with Crippen molar-refractivity contribution < 1.29 is 0 Å². The van der Waals surface area contributed by atoms with E-state index in [1.165, 1.54) is 10.9 Å². The van der Waals surface area contributed by atoms with E-state index in [1.807, 2.05) is 6.92 Å². The molecule has 0 fully saturated rings. The third-order valence-electron chi connectivity index (χ3n) is 2.06. The van der Waals surface area contributed by atoms with Crippen molar-refractivity contribution in [1.82, 2.24) is 14.8 Å². The number of rotatable bonds is 0. The Morgan fingerprint density at radius 3 is 2.93 bits per heavy atom. The summed E-state index contributed by atoms with van der Waals surface area (Å²) in [7, 11) is 1.60. The molecule has 2 aromatic heterocycles. The van der Waals surface area contributed by atoms with Crippen LogP contribution >= 0.6 is 11.6 Å². The van der Waals surface area contributed by atoms with Gasteiger partial charge in [-0.2, -0.15) is 5.10 Å². The van der Waals surface area contributed by atoms with Crippen LogP contribution in [0.3, 0.4) is 0 Å². The Bertz CT molecular complexity index is 562. The Hall–Kier alpha value is -1.42. The van der Waals surface area contributed by atoms with Crippen LogP contribution in [0.1, 0.15) is 5.56 Å². The zero-order valence-electron chi connectivity index (χ0n) is 7.78. The molecular weight excluding hydrogens is 202 g/mol. The van der Waals surface area contributed by atoms with Gasteiger partial charge in [0.15, 0.2) is 0 Å². The molecule has 72 valence electrons. The molecule has 0 aliphatic rings. The molecule has 0 saturated carbocycles. The average Bonchev–Trinajstić information content (AvgIpc) is 2.15. The van der Waals surface area contributed by atoms with Gasteiger partial charge >= 0.3 is 0 Å². The first-order chi connectivity index (χ1) is 6.59. The Morgan fingerprint density at radius 1 is 1.50 bits per heavy atom. The van der Waals surface area contributed by atoms with E-state index in [2.05, 4.69) is 10.1 Å². The smallest absolute Gasteiger partial charge is 0.267 e. The lowest BCUT2D eigenvalue weighted by molar-refractivity contribution is 0.717. The monoisotopic (exact) mass is 209 g/mol. The molecule has 2 aromatic rings. The van der Waals surface area contributed by atoms with Crippen LogP contribution in [0.4, 0.5) is 0 Å². The topological polar surface area (TPSA) is 47.8 Å². The van der Waals surface area contributed by atoms with Gasteiger partial charge in [0, 0.05) is 7.05 Å². The van der Waals surface area contributed by atoms with Crippen LogP contribution in [0.2, 0.25) is 5.15 Å². The summed E-state index contributed by atoms with van der Waals surface area (Å²) in [4.78, 5) is 15.7. The van der Waals surface area contributed by atoms with Gasteiger partial charge in [0.05, 0.1) is 17.1 Å². The zero-order valence-corrected chi connectivity index (χ0v) is 8.54. The third kappa shape index (κ3) is 1.28. The van der Waals surface area contributed by atoms with Gasteiger partial charge in [0.25, 0.3) is 5.56 Å². The summed E-state index contributed by atoms with van der Waals surface area (Å²) >= 11 is 5.83. The number of halogens is 1. The van der Waals surface area contributed by atoms with E-state index in [0.717, 1.165) is 5.56 Å². The lowest BCUT2D eigenvalue weighted by Gasteiger charge is -2.01. The highest BCUT2D eigenvalue weighted by Crippen LogP contribution is 2.15. The van der Waals surface area contributed by atoms with Gasteiger partial charge in [-0.25, -0.2) is 9.67 Å². The van der Waals surface area contributed by atoms with Crippen LogP contribution in [-0.2, 0) is 7.05 Å². The molecule has 2 rings (SSSR count). The maximum absolute atomic E-state index is 11.6. The van der Waals surface area contributed by atoms with Crippen LogP contribution < -0.4 is 5.56 Å². The predicted octanol–water partition coefficient (Wildman–Crippen LogP) is 1.29. The first-order valence-electron chi connectivity index (χ1n) is 4.09. The molecule has 0 unspecified atom stereocenters. The molecule has 14 heavy (non-hydrogen) atoms. The maximum Gasteiger partial charge on any atom is 0.275 e. The maximum atomic E-state index is 11.6. The van der Waals surface area contributed by atoms with E-state index in [-0.39, 0.29) is 5.56 Å². The van der Waals surface area contributed by atoms with Crippen molar-refractivity contribution in [3.8, 4) is 0 Å². The summed E-state index contributed by atoms with van der Waals surface area (Å²) in [6.07, 6.45) is 1.53. The number of hydrogen-bond acceptors (Lipinski definition) is 3. The minimum atomic E-state index is -0.158. The second kappa shape index (κ2) is 3.06. The van der Waals surface area contributed by atoms with Crippen LogP contribution in [0.15, 0.2) is 17.1 Å². The van der Waals surface area contributed by atoms with E-state index < -0.39 is 0 Å². The molecule has 5 heteroatoms. The van der Waals surface area contributed by atoms with Gasteiger partial charge in [-0.05, 0) is 18.6 Å². The fourth-order valence-corrected chi connectivity index (χ4v) is 1.39. The minimum Gasteiger partial charge on any atom is -0.267 e. The Morgan fingerprint density at radius 2 is 2.21 bits per heavy atom. The van der Waals surface area contributed by atoms with E-state index >= 15 is 0 Å². The van der Waals surface area contributed by atoms with Gasteiger partial charge < -0.3 is 0 Å². The summed E-state index contributed by atoms with van der Waals surface area (Å²) in [5.41, 5.74) is 1.17. The lowest BCUT2D eigenvalue weighted by atomic mass is 10.2. The summed E-state index contributed by atoms with van der Waals surface area (Å²) < 4.78 is 1.28. The standard InChI is InChI=1S/C9H8ClN3O/c1-5-3-6-7(12-8(5)10)4-11-13(2)9(6)14/h3-4H,1-2H3. The van der Waals surface area contributed by atoms with Crippen molar-refractivity contribution in [2.24, 2.45) is 7.05 Å². The van der Waals surface area contributed by atoms with Crippen LogP contribution in [0.25, 0.3) is 10.9 Å². The molecule has 2 heterocycles. The molecule has 0 spiro atoms. The Kier molecular flexibility index (Phi) is 2.00. The van der Waals surface area contributed by atoms with Crippen LogP contribution in [0.5, 0.6) is 0 Å². The molecule has 0 saturated heterocycles. The third-order valence-corrected chi connectivity index (χ3v) is 2.44. The quantitative estimate of drug-likeness (QED) is 0.615. The summed E-state index contributed by atoms with van der Waals surface area (Å²) in [5.74, 6) is 0. The van der Waals surface area contributed by atoms with Gasteiger partial charge in [-0.15, -0.1) is 0 Å². The first-order valence-corrected chi connectivity index (χ1v) is 4.46. The predicted molar refractivity (Wildman–Crippen MR) is 54.5 cm³/mol. The van der Waals surface area contributed by atoms with Gasteiger partial charge in [0.2, 0.25) is 0 Å². The summed E-state index contributed by atoms with van der Waals surface area (Å²) in [5, 5.41) is 4.82. The van der Waals surface area contributed by atoms with Crippen LogP contribution in [-0.4, -0.2) is 14.8 Å². The normalized spacial score (nSPS) is 10.8. The highest BCUT2D eigenvalue weighted by atomic mass is 35.5. The summed E-state index contributed by atoms with van der Waals surface area (Å²) in [6, 6.07) is 1.73. The van der Waals surface area contributed by atoms with E-state index in [0.29, 0.717) is 16.1 Å². The first kappa shape index (κ1) is 9.15. The zero-order chi connectivity index (χ0) is 10.3. The van der Waals surface area contributed by atoms with Crippen molar-refractivity contribution >= 4 is 22.5 Å². The van der Waals surface area contributed by atoms with Crippen molar-refractivity contribution in [3.05, 3.63) is 33.3 Å². The minimum absolute atomic E-state index is 0.158. The second-order valence-corrected chi connectivity index (χ2v) is 3.46. The van der Waals surface area contributed by atoms with Crippen LogP contribution in [0, 0.1) is 6.92 Å². The van der Waals surface area contributed by atoms with E-state index in [4.69, 9.17) is 11.6 Å². The Balaban J connectivity index is 2.97. The number of pyridine rings is 1. The Labute approximate surface area is 85.1 Å². The molecular formula is C9H8ClN3O. The fourth-order valence-electron chi connectivity index (χ4n) is 1.24. The molecule has 0 aromatic carbocycles. The van der Waals surface area contributed by atoms with Gasteiger partial charge in [0.1, 0.15) is 5.15 Å². The van der Waals surface area contributed by atoms with Gasteiger partial charge in [-0.3, -0.25) is 4.79 Å². The SMILES string of the molecule is Cc1cc2c(=O)n(C)ncc2nc1Cl. The van der Waals surface area contributed by atoms with Crippen molar-refractivity contribution in [1.29, 1.82) is 0 Å². The average molecular weight is 210 g/mol. The molecule has 0 aliphatic carbocycles. The molecule has 0 radical (unpaired) electrons. The second-order valence-electron chi connectivity index (χ2n) is 3.10. The highest BCUT2D eigenvalue weighted by Gasteiger charge is 2.05. The number of nitrogens with zero attached hydrogens (tertiary/aromatic N) is 3. The highest BCUT2D eigenvalue weighted by molar-refractivity contribution is 6.30. The molecule has 0 N–H and O–H groups in total. The van der Waals surface area contributed by atoms with Crippen molar-refractivity contribution in [2.75, 3.05) is 0 Å². The molecule has 4 nitrogen and oxygen atoms in total. The van der Waals surface area contributed by atoms with E-state index in [9.17, 15) is 4.79 Å². The molecule has 0 bridgehead atoms. The van der Waals surface area contributed by atoms with Gasteiger partial charge in [-0.1, -0.05) is 11.6 Å². The molecule has 0 amide bonds. The van der Waals surface area contributed by atoms with E-state index in [1.54, 1.807) is 13.1 Å². The molecule has 0 atom stereocenters. The number of hydrogen-bond donors (Lipinski definition) is 0. The molecule has 0 aliphatic heterocycles.